The minimum Gasteiger partial charge on any atom is -0.493 e. The van der Waals surface area contributed by atoms with E-state index in [1.807, 2.05) is 0 Å². The molecule has 7 nitrogen and oxygen atoms in total. The van der Waals surface area contributed by atoms with Crippen LogP contribution in [0.3, 0.4) is 0 Å². The van der Waals surface area contributed by atoms with Crippen molar-refractivity contribution in [2.45, 2.75) is 13.0 Å². The van der Waals surface area contributed by atoms with E-state index in [4.69, 9.17) is 30.3 Å². The van der Waals surface area contributed by atoms with Crippen LogP contribution in [0.1, 0.15) is 22.7 Å². The third-order valence-electron chi connectivity index (χ3n) is 4.25. The highest BCUT2D eigenvalue weighted by molar-refractivity contribution is 6.30. The van der Waals surface area contributed by atoms with Crippen LogP contribution < -0.4 is 9.47 Å². The molecule has 1 aromatic carbocycles. The van der Waals surface area contributed by atoms with Crippen molar-refractivity contribution in [1.29, 1.82) is 0 Å². The first-order valence-corrected chi connectivity index (χ1v) is 8.68. The number of rotatable bonds is 7. The first-order chi connectivity index (χ1) is 12.6. The van der Waals surface area contributed by atoms with E-state index in [2.05, 4.69) is 5.16 Å². The van der Waals surface area contributed by atoms with Crippen molar-refractivity contribution in [3.63, 3.8) is 0 Å². The van der Waals surface area contributed by atoms with Crippen LogP contribution in [0.2, 0.25) is 5.02 Å². The van der Waals surface area contributed by atoms with Crippen LogP contribution in [-0.4, -0.2) is 49.9 Å². The molecule has 0 N–H and O–H groups in total. The molecule has 0 spiro atoms. The average molecular weight is 381 g/mol. The Balaban J connectivity index is 1.59. The lowest BCUT2D eigenvalue weighted by Gasteiger charge is -2.14. The summed E-state index contributed by atoms with van der Waals surface area (Å²) in [7, 11) is 3.21. The number of amides is 1. The number of likely N-dealkylation sites (tertiary alicyclic amines) is 1. The van der Waals surface area contributed by atoms with Gasteiger partial charge in [0.1, 0.15) is 6.61 Å². The number of carbonyl (C=O) groups excluding carboxylic acids is 1. The molecule has 0 aliphatic carbocycles. The van der Waals surface area contributed by atoms with Crippen molar-refractivity contribution in [2.75, 3.05) is 33.9 Å². The van der Waals surface area contributed by atoms with Gasteiger partial charge in [-0.05, 0) is 18.6 Å². The molecule has 1 atom stereocenters. The van der Waals surface area contributed by atoms with E-state index in [0.29, 0.717) is 47.9 Å². The lowest BCUT2D eigenvalue weighted by Crippen LogP contribution is -2.29. The van der Waals surface area contributed by atoms with E-state index in [1.165, 1.54) is 7.11 Å². The number of halogens is 1. The first-order valence-electron chi connectivity index (χ1n) is 8.31. The van der Waals surface area contributed by atoms with Gasteiger partial charge in [-0.3, -0.25) is 4.79 Å². The smallest absolute Gasteiger partial charge is 0.276 e. The monoisotopic (exact) mass is 380 g/mol. The zero-order valence-electron chi connectivity index (χ0n) is 14.7. The van der Waals surface area contributed by atoms with Crippen molar-refractivity contribution >= 4 is 17.5 Å². The molecule has 3 rings (SSSR count). The minimum absolute atomic E-state index is 0.130. The summed E-state index contributed by atoms with van der Waals surface area (Å²) < 4.78 is 21.3. The SMILES string of the molecule is COC[C@@H]1CCN(C(=O)c2cc(COc3ccc(Cl)cc3OC)on2)C1. The molecule has 1 fully saturated rings. The molecule has 1 amide bonds. The number of hydrogen-bond donors (Lipinski definition) is 0. The summed E-state index contributed by atoms with van der Waals surface area (Å²) in [5.41, 5.74) is 0.282. The molecule has 1 saturated heterocycles. The molecule has 1 aliphatic heterocycles. The van der Waals surface area contributed by atoms with Crippen LogP contribution in [-0.2, 0) is 11.3 Å². The van der Waals surface area contributed by atoms with Crippen molar-refractivity contribution < 1.29 is 23.5 Å². The number of benzene rings is 1. The number of hydrogen-bond acceptors (Lipinski definition) is 6. The van der Waals surface area contributed by atoms with Crippen LogP contribution >= 0.6 is 11.6 Å². The van der Waals surface area contributed by atoms with Crippen LogP contribution in [0, 0.1) is 5.92 Å². The maximum absolute atomic E-state index is 12.5. The van der Waals surface area contributed by atoms with Gasteiger partial charge >= 0.3 is 0 Å². The summed E-state index contributed by atoms with van der Waals surface area (Å²) in [6.45, 7) is 2.16. The fourth-order valence-electron chi connectivity index (χ4n) is 2.94. The quantitative estimate of drug-likeness (QED) is 0.735. The summed E-state index contributed by atoms with van der Waals surface area (Å²) in [5, 5.41) is 4.43. The minimum atomic E-state index is -0.136. The molecule has 0 saturated carbocycles. The van der Waals surface area contributed by atoms with E-state index in [9.17, 15) is 4.79 Å². The standard InChI is InChI=1S/C18H21ClN2O5/c1-23-10-12-5-6-21(9-12)18(22)15-8-14(26-20-15)11-25-16-4-3-13(19)7-17(16)24-2/h3-4,7-8,12H,5-6,9-11H2,1-2H3/t12-/m1/s1. The summed E-state index contributed by atoms with van der Waals surface area (Å²) in [4.78, 5) is 14.3. The number of aromatic nitrogens is 1. The first kappa shape index (κ1) is 18.5. The summed E-state index contributed by atoms with van der Waals surface area (Å²) in [6.07, 6.45) is 0.934. The molecule has 8 heteroatoms. The Bertz CT molecular complexity index is 764. The number of carbonyl (C=O) groups is 1. The van der Waals surface area contributed by atoms with Gasteiger partial charge in [0.05, 0.1) is 13.7 Å². The molecular formula is C18H21ClN2O5. The van der Waals surface area contributed by atoms with Crippen molar-refractivity contribution in [3.05, 3.63) is 40.7 Å². The van der Waals surface area contributed by atoms with Crippen LogP contribution in [0.4, 0.5) is 0 Å². The van der Waals surface area contributed by atoms with Gasteiger partial charge < -0.3 is 23.6 Å². The molecule has 0 unspecified atom stereocenters. The number of nitrogens with zero attached hydrogens (tertiary/aromatic N) is 2. The normalized spacial score (nSPS) is 16.7. The van der Waals surface area contributed by atoms with Crippen molar-refractivity contribution in [2.24, 2.45) is 5.92 Å². The van der Waals surface area contributed by atoms with E-state index in [1.54, 1.807) is 36.3 Å². The molecule has 26 heavy (non-hydrogen) atoms. The van der Waals surface area contributed by atoms with Gasteiger partial charge in [-0.1, -0.05) is 16.8 Å². The van der Waals surface area contributed by atoms with E-state index < -0.39 is 0 Å². The van der Waals surface area contributed by atoms with Crippen LogP contribution in [0.5, 0.6) is 11.5 Å². The van der Waals surface area contributed by atoms with Gasteiger partial charge in [0.25, 0.3) is 5.91 Å². The molecule has 2 heterocycles. The Kier molecular flexibility index (Phi) is 6.00. The lowest BCUT2D eigenvalue weighted by atomic mass is 10.1. The molecule has 0 bridgehead atoms. The number of methoxy groups -OCH3 is 2. The molecule has 140 valence electrons. The fraction of sp³-hybridized carbons (Fsp3) is 0.444. The molecule has 1 aromatic heterocycles. The van der Waals surface area contributed by atoms with E-state index in [0.717, 1.165) is 6.42 Å². The topological polar surface area (TPSA) is 74.0 Å². The highest BCUT2D eigenvalue weighted by atomic mass is 35.5. The zero-order valence-corrected chi connectivity index (χ0v) is 15.5. The molecule has 0 radical (unpaired) electrons. The van der Waals surface area contributed by atoms with Crippen LogP contribution in [0.15, 0.2) is 28.8 Å². The lowest BCUT2D eigenvalue weighted by molar-refractivity contribution is 0.0765. The van der Waals surface area contributed by atoms with Gasteiger partial charge in [-0.25, -0.2) is 0 Å². The highest BCUT2D eigenvalue weighted by Crippen LogP contribution is 2.30. The second kappa shape index (κ2) is 8.42. The highest BCUT2D eigenvalue weighted by Gasteiger charge is 2.28. The predicted molar refractivity (Wildman–Crippen MR) is 94.7 cm³/mol. The number of ether oxygens (including phenoxy) is 3. The van der Waals surface area contributed by atoms with Crippen molar-refractivity contribution in [1.82, 2.24) is 10.1 Å². The van der Waals surface area contributed by atoms with Gasteiger partial charge in [0.2, 0.25) is 0 Å². The summed E-state index contributed by atoms with van der Waals surface area (Å²) in [5.74, 6) is 1.74. The second-order valence-corrected chi connectivity index (χ2v) is 6.56. The van der Waals surface area contributed by atoms with Gasteiger partial charge in [-0.15, -0.1) is 0 Å². The summed E-state index contributed by atoms with van der Waals surface area (Å²) >= 11 is 5.93. The summed E-state index contributed by atoms with van der Waals surface area (Å²) in [6, 6.07) is 6.69. The maximum atomic E-state index is 12.5. The zero-order chi connectivity index (χ0) is 18.5. The van der Waals surface area contributed by atoms with Gasteiger partial charge in [0, 0.05) is 43.3 Å². The van der Waals surface area contributed by atoms with Crippen molar-refractivity contribution in [3.8, 4) is 11.5 Å². The maximum Gasteiger partial charge on any atom is 0.276 e. The Labute approximate surface area is 156 Å². The Morgan fingerprint density at radius 2 is 2.19 bits per heavy atom. The Morgan fingerprint density at radius 1 is 1.35 bits per heavy atom. The third-order valence-corrected chi connectivity index (χ3v) is 4.48. The van der Waals surface area contributed by atoms with E-state index in [-0.39, 0.29) is 18.2 Å². The molecule has 2 aromatic rings. The fourth-order valence-corrected chi connectivity index (χ4v) is 3.10. The van der Waals surface area contributed by atoms with Gasteiger partial charge in [-0.2, -0.15) is 0 Å². The van der Waals surface area contributed by atoms with E-state index >= 15 is 0 Å². The second-order valence-electron chi connectivity index (χ2n) is 6.12. The molecular weight excluding hydrogens is 360 g/mol. The Morgan fingerprint density at radius 3 is 2.96 bits per heavy atom. The molecule has 1 aliphatic rings. The predicted octanol–water partition coefficient (Wildman–Crippen LogP) is 3.02. The van der Waals surface area contributed by atoms with Gasteiger partial charge in [0.15, 0.2) is 23.0 Å². The third kappa shape index (κ3) is 4.28. The average Bonchev–Trinajstić information content (AvgIpc) is 3.30. The van der Waals surface area contributed by atoms with Crippen LogP contribution in [0.25, 0.3) is 0 Å². The largest absolute Gasteiger partial charge is 0.493 e. The Hall–Kier alpha value is -2.25.